The molecule has 0 aromatic heterocycles. The summed E-state index contributed by atoms with van der Waals surface area (Å²) < 4.78 is 16.1. The Labute approximate surface area is 152 Å². The fourth-order valence-electron chi connectivity index (χ4n) is 3.68. The number of carboxylic acids is 1. The second-order valence-corrected chi connectivity index (χ2v) is 6.34. The fraction of sp³-hybridized carbons (Fsp3) is 0.350. The molecule has 1 aliphatic rings. The molecule has 2 aromatic rings. The van der Waals surface area contributed by atoms with Gasteiger partial charge in [-0.2, -0.15) is 0 Å². The maximum Gasteiger partial charge on any atom is 0.359 e. The highest BCUT2D eigenvalue weighted by Crippen LogP contribution is 2.36. The van der Waals surface area contributed by atoms with Crippen LogP contribution in [-0.4, -0.2) is 45.5 Å². The van der Waals surface area contributed by atoms with E-state index in [0.717, 1.165) is 40.3 Å². The number of hydrogen-bond acceptors (Lipinski definition) is 4. The lowest BCUT2D eigenvalue weighted by Gasteiger charge is -2.34. The van der Waals surface area contributed by atoms with Crippen LogP contribution in [0.5, 0.6) is 17.2 Å². The van der Waals surface area contributed by atoms with Crippen molar-refractivity contribution in [3.63, 3.8) is 0 Å². The van der Waals surface area contributed by atoms with Crippen LogP contribution in [0.4, 0.5) is 0 Å². The van der Waals surface area contributed by atoms with Crippen LogP contribution in [0, 0.1) is 0 Å². The average molecular weight is 358 g/mol. The molecule has 0 saturated heterocycles. The van der Waals surface area contributed by atoms with Gasteiger partial charge in [0.15, 0.2) is 18.0 Å². The third-order valence-electron chi connectivity index (χ3n) is 4.91. The van der Waals surface area contributed by atoms with Crippen molar-refractivity contribution in [2.75, 3.05) is 34.4 Å². The first-order valence-electron chi connectivity index (χ1n) is 8.52. The molecule has 138 valence electrons. The van der Waals surface area contributed by atoms with Gasteiger partial charge in [0.1, 0.15) is 11.8 Å². The van der Waals surface area contributed by atoms with Gasteiger partial charge in [-0.15, -0.1) is 0 Å². The minimum absolute atomic E-state index is 0.0600. The molecular weight excluding hydrogens is 334 g/mol. The summed E-state index contributed by atoms with van der Waals surface area (Å²) in [5.41, 5.74) is 3.29. The van der Waals surface area contributed by atoms with Crippen LogP contribution in [0.1, 0.15) is 22.7 Å². The minimum atomic E-state index is -0.803. The molecule has 26 heavy (non-hydrogen) atoms. The molecular formula is C20H24NO5+. The van der Waals surface area contributed by atoms with E-state index in [4.69, 9.17) is 14.2 Å². The Bertz CT molecular complexity index is 788. The van der Waals surface area contributed by atoms with E-state index >= 15 is 0 Å². The molecule has 2 N–H and O–H groups in total. The molecule has 6 heteroatoms. The number of hydrogen-bond donors (Lipinski definition) is 2. The smallest absolute Gasteiger partial charge is 0.359 e. The van der Waals surface area contributed by atoms with Crippen molar-refractivity contribution in [2.45, 2.75) is 12.5 Å². The molecule has 0 bridgehead atoms. The SMILES string of the molecule is COc1ccc(C2c3cc(OC)c(OC)cc3CC[NH+]2CC(=O)O)cc1. The summed E-state index contributed by atoms with van der Waals surface area (Å²) in [6.07, 6.45) is 0.797. The highest BCUT2D eigenvalue weighted by Gasteiger charge is 2.35. The van der Waals surface area contributed by atoms with Crippen LogP contribution in [0.2, 0.25) is 0 Å². The largest absolute Gasteiger partial charge is 0.497 e. The molecule has 0 radical (unpaired) electrons. The second-order valence-electron chi connectivity index (χ2n) is 6.34. The van der Waals surface area contributed by atoms with Gasteiger partial charge in [-0.25, -0.2) is 4.79 Å². The normalized spacial score (nSPS) is 18.7. The number of quaternary nitrogens is 1. The summed E-state index contributed by atoms with van der Waals surface area (Å²) in [4.78, 5) is 12.4. The van der Waals surface area contributed by atoms with E-state index in [2.05, 4.69) is 0 Å². The van der Waals surface area contributed by atoms with Crippen LogP contribution >= 0.6 is 0 Å². The Kier molecular flexibility index (Phi) is 5.32. The van der Waals surface area contributed by atoms with Gasteiger partial charge in [0.05, 0.1) is 27.9 Å². The summed E-state index contributed by atoms with van der Waals surface area (Å²) in [6.45, 7) is 0.802. The van der Waals surface area contributed by atoms with Gasteiger partial charge in [0.2, 0.25) is 0 Å². The molecule has 0 saturated carbocycles. The van der Waals surface area contributed by atoms with Crippen molar-refractivity contribution in [1.29, 1.82) is 0 Å². The highest BCUT2D eigenvalue weighted by atomic mass is 16.5. The summed E-state index contributed by atoms with van der Waals surface area (Å²) in [7, 11) is 4.86. The van der Waals surface area contributed by atoms with Crippen molar-refractivity contribution in [2.24, 2.45) is 0 Å². The van der Waals surface area contributed by atoms with Gasteiger partial charge >= 0.3 is 5.97 Å². The highest BCUT2D eigenvalue weighted by molar-refractivity contribution is 5.67. The molecule has 6 nitrogen and oxygen atoms in total. The molecule has 0 spiro atoms. The van der Waals surface area contributed by atoms with Crippen LogP contribution in [0.25, 0.3) is 0 Å². The molecule has 1 heterocycles. The van der Waals surface area contributed by atoms with Crippen LogP contribution in [-0.2, 0) is 11.2 Å². The number of nitrogens with one attached hydrogen (secondary N) is 1. The molecule has 2 atom stereocenters. The topological polar surface area (TPSA) is 69.4 Å². The molecule has 0 amide bonds. The number of ether oxygens (including phenoxy) is 3. The lowest BCUT2D eigenvalue weighted by Crippen LogP contribution is -3.14. The van der Waals surface area contributed by atoms with Gasteiger partial charge in [0.25, 0.3) is 0 Å². The summed E-state index contributed by atoms with van der Waals surface area (Å²) in [6, 6.07) is 11.7. The predicted octanol–water partition coefficient (Wildman–Crippen LogP) is 1.33. The summed E-state index contributed by atoms with van der Waals surface area (Å²) in [5.74, 6) is 1.32. The predicted molar refractivity (Wildman–Crippen MR) is 96.4 cm³/mol. The lowest BCUT2D eigenvalue weighted by molar-refractivity contribution is -0.920. The van der Waals surface area contributed by atoms with Gasteiger partial charge < -0.3 is 24.2 Å². The van der Waals surface area contributed by atoms with Crippen molar-refractivity contribution in [1.82, 2.24) is 0 Å². The van der Waals surface area contributed by atoms with Crippen molar-refractivity contribution < 1.29 is 29.0 Å². The first-order valence-corrected chi connectivity index (χ1v) is 8.52. The van der Waals surface area contributed by atoms with Crippen molar-refractivity contribution >= 4 is 5.97 Å². The van der Waals surface area contributed by atoms with Crippen molar-refractivity contribution in [3.8, 4) is 17.2 Å². The number of rotatable bonds is 6. The Morgan fingerprint density at radius 1 is 1.08 bits per heavy atom. The van der Waals surface area contributed by atoms with E-state index in [9.17, 15) is 9.90 Å². The Hall–Kier alpha value is -2.73. The molecule has 2 aromatic carbocycles. The Balaban J connectivity index is 2.10. The van der Waals surface area contributed by atoms with E-state index in [-0.39, 0.29) is 12.6 Å². The zero-order valence-corrected chi connectivity index (χ0v) is 15.2. The number of fused-ring (bicyclic) bond motifs is 1. The summed E-state index contributed by atoms with van der Waals surface area (Å²) >= 11 is 0. The monoisotopic (exact) mass is 358 g/mol. The third-order valence-corrected chi connectivity index (χ3v) is 4.91. The maximum absolute atomic E-state index is 11.4. The second kappa shape index (κ2) is 7.66. The molecule has 3 rings (SSSR count). The first-order chi connectivity index (χ1) is 12.6. The molecule has 2 unspecified atom stereocenters. The van der Waals surface area contributed by atoms with Gasteiger partial charge in [-0.3, -0.25) is 0 Å². The van der Waals surface area contributed by atoms with E-state index in [1.807, 2.05) is 36.4 Å². The molecule has 1 aliphatic heterocycles. The van der Waals surface area contributed by atoms with E-state index in [1.54, 1.807) is 21.3 Å². The van der Waals surface area contributed by atoms with E-state index < -0.39 is 5.97 Å². The molecule has 0 aliphatic carbocycles. The van der Waals surface area contributed by atoms with Crippen LogP contribution in [0.3, 0.4) is 0 Å². The quantitative estimate of drug-likeness (QED) is 0.815. The van der Waals surface area contributed by atoms with Gasteiger partial charge in [-0.1, -0.05) is 0 Å². The Morgan fingerprint density at radius 2 is 1.73 bits per heavy atom. The first kappa shape index (κ1) is 18.1. The van der Waals surface area contributed by atoms with Gasteiger partial charge in [0, 0.05) is 17.5 Å². The zero-order chi connectivity index (χ0) is 18.7. The number of methoxy groups -OCH3 is 3. The zero-order valence-electron chi connectivity index (χ0n) is 15.2. The minimum Gasteiger partial charge on any atom is -0.497 e. The van der Waals surface area contributed by atoms with Crippen LogP contribution in [0.15, 0.2) is 36.4 Å². The molecule has 0 fully saturated rings. The average Bonchev–Trinajstić information content (AvgIpc) is 2.66. The van der Waals surface area contributed by atoms with E-state index in [0.29, 0.717) is 11.5 Å². The number of carboxylic acid groups (broad SMARTS) is 1. The van der Waals surface area contributed by atoms with E-state index in [1.165, 1.54) is 0 Å². The van der Waals surface area contributed by atoms with Crippen LogP contribution < -0.4 is 19.1 Å². The summed E-state index contributed by atoms with van der Waals surface area (Å²) in [5, 5.41) is 9.36. The number of benzene rings is 2. The standard InChI is InChI=1S/C20H23NO5/c1-24-15-6-4-13(5-7-15)20-16-11-18(26-3)17(25-2)10-14(16)8-9-21(20)12-19(22)23/h4-7,10-11,20H,8-9,12H2,1-3H3,(H,22,23)/p+1. The van der Waals surface area contributed by atoms with Gasteiger partial charge in [-0.05, 0) is 42.0 Å². The van der Waals surface area contributed by atoms with Crippen molar-refractivity contribution in [3.05, 3.63) is 53.1 Å². The Morgan fingerprint density at radius 3 is 2.31 bits per heavy atom. The number of aliphatic carboxylic acids is 1. The number of carbonyl (C=O) groups is 1. The maximum atomic E-state index is 11.4. The third kappa shape index (κ3) is 3.46. The fourth-order valence-corrected chi connectivity index (χ4v) is 3.68. The lowest BCUT2D eigenvalue weighted by atomic mass is 9.87.